The van der Waals surface area contributed by atoms with Crippen LogP contribution in [0.4, 0.5) is 0 Å². The van der Waals surface area contributed by atoms with E-state index in [2.05, 4.69) is 68.4 Å². The van der Waals surface area contributed by atoms with E-state index < -0.39 is 0 Å². The Labute approximate surface area is 111 Å². The molecule has 0 radical (unpaired) electrons. The van der Waals surface area contributed by atoms with E-state index in [9.17, 15) is 0 Å². The van der Waals surface area contributed by atoms with Crippen molar-refractivity contribution in [1.82, 2.24) is 0 Å². The Morgan fingerprint density at radius 1 is 0.944 bits per heavy atom. The zero-order valence-corrected chi connectivity index (χ0v) is 11.4. The molecule has 0 aliphatic heterocycles. The normalized spacial score (nSPS) is 12.3. The molecule has 0 nitrogen and oxygen atoms in total. The van der Waals surface area contributed by atoms with Gasteiger partial charge >= 0.3 is 0 Å². The smallest absolute Gasteiger partial charge is 0.0122 e. The van der Waals surface area contributed by atoms with E-state index in [0.717, 1.165) is 6.42 Å². The van der Waals surface area contributed by atoms with Gasteiger partial charge in [0.15, 0.2) is 0 Å². The lowest BCUT2D eigenvalue weighted by Crippen LogP contribution is -2.03. The summed E-state index contributed by atoms with van der Waals surface area (Å²) < 4.78 is 0. The van der Waals surface area contributed by atoms with E-state index in [0.29, 0.717) is 5.92 Å². The Balaban J connectivity index is 2.16. The summed E-state index contributed by atoms with van der Waals surface area (Å²) in [6.45, 7) is 4.44. The van der Waals surface area contributed by atoms with E-state index in [4.69, 9.17) is 0 Å². The maximum absolute atomic E-state index is 2.31. The topological polar surface area (TPSA) is 0 Å². The van der Waals surface area contributed by atoms with Gasteiger partial charge in [0.25, 0.3) is 0 Å². The molecule has 94 valence electrons. The first kappa shape index (κ1) is 12.9. The second kappa shape index (κ2) is 6.39. The number of hydrogen-bond acceptors (Lipinski definition) is 0. The third-order valence-electron chi connectivity index (χ3n) is 3.47. The molecule has 1 unspecified atom stereocenters. The van der Waals surface area contributed by atoms with Gasteiger partial charge in [0.05, 0.1) is 0 Å². The molecule has 2 aromatic rings. The van der Waals surface area contributed by atoms with Crippen LogP contribution in [0.3, 0.4) is 0 Å². The van der Waals surface area contributed by atoms with Gasteiger partial charge in [0.2, 0.25) is 0 Å². The first-order valence-electron chi connectivity index (χ1n) is 6.90. The molecular formula is C18H22. The summed E-state index contributed by atoms with van der Waals surface area (Å²) in [5, 5.41) is 0. The molecule has 0 amide bonds. The van der Waals surface area contributed by atoms with Crippen LogP contribution in [0, 0.1) is 6.92 Å². The van der Waals surface area contributed by atoms with Crippen molar-refractivity contribution in [2.75, 3.05) is 0 Å². The van der Waals surface area contributed by atoms with Gasteiger partial charge < -0.3 is 0 Å². The number of benzene rings is 2. The van der Waals surface area contributed by atoms with Gasteiger partial charge in [-0.2, -0.15) is 0 Å². The third kappa shape index (κ3) is 3.46. The molecular weight excluding hydrogens is 216 g/mol. The zero-order valence-electron chi connectivity index (χ0n) is 11.4. The van der Waals surface area contributed by atoms with Gasteiger partial charge in [-0.05, 0) is 36.8 Å². The molecule has 0 spiro atoms. The minimum Gasteiger partial charge on any atom is -0.0654 e. The summed E-state index contributed by atoms with van der Waals surface area (Å²) in [7, 11) is 0. The van der Waals surface area contributed by atoms with E-state index in [1.54, 1.807) is 0 Å². The summed E-state index contributed by atoms with van der Waals surface area (Å²) in [5.74, 6) is 0.651. The largest absolute Gasteiger partial charge is 0.0654 e. The van der Waals surface area contributed by atoms with Crippen molar-refractivity contribution in [1.29, 1.82) is 0 Å². The Kier molecular flexibility index (Phi) is 4.58. The molecule has 0 aliphatic carbocycles. The van der Waals surface area contributed by atoms with Crippen LogP contribution in [0.25, 0.3) is 0 Å². The number of hydrogen-bond donors (Lipinski definition) is 0. The highest BCUT2D eigenvalue weighted by Crippen LogP contribution is 2.25. The molecule has 2 aromatic carbocycles. The zero-order chi connectivity index (χ0) is 12.8. The minimum absolute atomic E-state index is 0.651. The van der Waals surface area contributed by atoms with Gasteiger partial charge in [0, 0.05) is 0 Å². The van der Waals surface area contributed by atoms with Crippen molar-refractivity contribution in [2.24, 2.45) is 0 Å². The van der Waals surface area contributed by atoms with Gasteiger partial charge in [-0.3, -0.25) is 0 Å². The standard InChI is InChI=1S/C18H22/c1-3-8-18(17-11-5-4-6-12-17)14-16-10-7-9-15(2)13-16/h4-7,9-13,18H,3,8,14H2,1-2H3. The summed E-state index contributed by atoms with van der Waals surface area (Å²) >= 11 is 0. The predicted molar refractivity (Wildman–Crippen MR) is 79.0 cm³/mol. The Morgan fingerprint density at radius 3 is 2.39 bits per heavy atom. The summed E-state index contributed by atoms with van der Waals surface area (Å²) in [4.78, 5) is 0. The fourth-order valence-corrected chi connectivity index (χ4v) is 2.58. The summed E-state index contributed by atoms with van der Waals surface area (Å²) in [6.07, 6.45) is 3.66. The maximum atomic E-state index is 2.31. The van der Waals surface area contributed by atoms with Gasteiger partial charge in [-0.1, -0.05) is 73.5 Å². The molecule has 0 heterocycles. The first-order chi connectivity index (χ1) is 8.79. The van der Waals surface area contributed by atoms with Gasteiger partial charge in [-0.25, -0.2) is 0 Å². The average molecular weight is 238 g/mol. The summed E-state index contributed by atoms with van der Waals surface area (Å²) in [5.41, 5.74) is 4.29. The van der Waals surface area contributed by atoms with Crippen molar-refractivity contribution < 1.29 is 0 Å². The van der Waals surface area contributed by atoms with Gasteiger partial charge in [-0.15, -0.1) is 0 Å². The van der Waals surface area contributed by atoms with Crippen LogP contribution >= 0.6 is 0 Å². The van der Waals surface area contributed by atoms with Crippen LogP contribution in [0.2, 0.25) is 0 Å². The molecule has 0 saturated heterocycles. The van der Waals surface area contributed by atoms with E-state index in [1.807, 2.05) is 0 Å². The number of rotatable bonds is 5. The van der Waals surface area contributed by atoms with E-state index in [1.165, 1.54) is 29.5 Å². The van der Waals surface area contributed by atoms with Crippen LogP contribution in [0.5, 0.6) is 0 Å². The lowest BCUT2D eigenvalue weighted by molar-refractivity contribution is 0.610. The average Bonchev–Trinajstić information content (AvgIpc) is 2.39. The third-order valence-corrected chi connectivity index (χ3v) is 3.47. The molecule has 0 bridgehead atoms. The monoisotopic (exact) mass is 238 g/mol. The van der Waals surface area contributed by atoms with Crippen LogP contribution in [-0.4, -0.2) is 0 Å². The van der Waals surface area contributed by atoms with Gasteiger partial charge in [0.1, 0.15) is 0 Å². The Hall–Kier alpha value is -1.56. The SMILES string of the molecule is CCCC(Cc1cccc(C)c1)c1ccccc1. The quantitative estimate of drug-likeness (QED) is 0.678. The van der Waals surface area contributed by atoms with Crippen molar-refractivity contribution in [2.45, 2.75) is 39.0 Å². The molecule has 18 heavy (non-hydrogen) atoms. The molecule has 0 aromatic heterocycles. The fraction of sp³-hybridized carbons (Fsp3) is 0.333. The molecule has 0 N–H and O–H groups in total. The molecule has 0 saturated carbocycles. The van der Waals surface area contributed by atoms with Crippen LogP contribution in [-0.2, 0) is 6.42 Å². The Bertz CT molecular complexity index is 470. The molecule has 0 heteroatoms. The van der Waals surface area contributed by atoms with Crippen LogP contribution in [0.1, 0.15) is 42.4 Å². The van der Waals surface area contributed by atoms with Crippen LogP contribution < -0.4 is 0 Å². The van der Waals surface area contributed by atoms with E-state index >= 15 is 0 Å². The first-order valence-corrected chi connectivity index (χ1v) is 6.90. The van der Waals surface area contributed by atoms with Crippen molar-refractivity contribution in [3.8, 4) is 0 Å². The molecule has 2 rings (SSSR count). The van der Waals surface area contributed by atoms with Crippen LogP contribution in [0.15, 0.2) is 54.6 Å². The summed E-state index contributed by atoms with van der Waals surface area (Å²) in [6, 6.07) is 19.8. The molecule has 1 atom stereocenters. The van der Waals surface area contributed by atoms with Crippen molar-refractivity contribution >= 4 is 0 Å². The minimum atomic E-state index is 0.651. The predicted octanol–water partition coefficient (Wildman–Crippen LogP) is 5.12. The van der Waals surface area contributed by atoms with Crippen molar-refractivity contribution in [3.05, 3.63) is 71.3 Å². The maximum Gasteiger partial charge on any atom is -0.0122 e. The second-order valence-corrected chi connectivity index (χ2v) is 5.09. The second-order valence-electron chi connectivity index (χ2n) is 5.09. The lowest BCUT2D eigenvalue weighted by atomic mass is 9.88. The highest BCUT2D eigenvalue weighted by molar-refractivity contribution is 5.27. The molecule has 0 aliphatic rings. The number of aryl methyl sites for hydroxylation is 1. The van der Waals surface area contributed by atoms with Crippen molar-refractivity contribution in [3.63, 3.8) is 0 Å². The highest BCUT2D eigenvalue weighted by atomic mass is 14.2. The van der Waals surface area contributed by atoms with E-state index in [-0.39, 0.29) is 0 Å². The highest BCUT2D eigenvalue weighted by Gasteiger charge is 2.11. The Morgan fingerprint density at radius 2 is 1.72 bits per heavy atom. The fourth-order valence-electron chi connectivity index (χ4n) is 2.58. The lowest BCUT2D eigenvalue weighted by Gasteiger charge is -2.17. The molecule has 0 fully saturated rings.